The number of rotatable bonds is 8. The van der Waals surface area contributed by atoms with Gasteiger partial charge in [0, 0.05) is 11.4 Å². The first-order valence-corrected chi connectivity index (χ1v) is 9.72. The summed E-state index contributed by atoms with van der Waals surface area (Å²) < 4.78 is 32.9. The topological polar surface area (TPSA) is 58.6 Å². The zero-order valence-electron chi connectivity index (χ0n) is 13.5. The largest absolute Gasteiger partial charge is 0.494 e. The predicted octanol–water partition coefficient (Wildman–Crippen LogP) is 2.73. The van der Waals surface area contributed by atoms with Gasteiger partial charge in [-0.05, 0) is 56.7 Å². The minimum atomic E-state index is -3.54. The Morgan fingerprint density at radius 3 is 2.43 bits per heavy atom. The maximum Gasteiger partial charge on any atom is 0.240 e. The van der Waals surface area contributed by atoms with E-state index in [1.165, 1.54) is 0 Å². The molecule has 1 aromatic carbocycles. The van der Waals surface area contributed by atoms with Crippen molar-refractivity contribution >= 4 is 21.4 Å². The summed E-state index contributed by atoms with van der Waals surface area (Å²) in [5.74, 6) is 0.663. The van der Waals surface area contributed by atoms with Gasteiger partial charge in [-0.3, -0.25) is 0 Å². The first-order valence-electron chi connectivity index (χ1n) is 7.36. The molecule has 2 aromatic rings. The Labute approximate surface area is 142 Å². The van der Waals surface area contributed by atoms with Crippen LogP contribution >= 0.6 is 11.3 Å². The first kappa shape index (κ1) is 17.9. The molecule has 7 heteroatoms. The number of thiophene rings is 1. The molecule has 126 valence electrons. The average Bonchev–Trinajstić information content (AvgIpc) is 3.02. The lowest BCUT2D eigenvalue weighted by Crippen LogP contribution is -2.34. The van der Waals surface area contributed by atoms with Crippen LogP contribution in [0.4, 0.5) is 0 Å². The van der Waals surface area contributed by atoms with Crippen LogP contribution in [0.15, 0.2) is 46.7 Å². The summed E-state index contributed by atoms with van der Waals surface area (Å²) in [5, 5.41) is 1.99. The predicted molar refractivity (Wildman–Crippen MR) is 93.5 cm³/mol. The molecule has 0 saturated heterocycles. The number of hydrogen-bond acceptors (Lipinski definition) is 5. The molecule has 0 bridgehead atoms. The van der Waals surface area contributed by atoms with Gasteiger partial charge in [0.25, 0.3) is 0 Å². The molecule has 1 heterocycles. The molecular formula is C16H22N2O3S2. The molecule has 1 N–H and O–H groups in total. The number of ether oxygens (including phenoxy) is 1. The Morgan fingerprint density at radius 1 is 1.22 bits per heavy atom. The van der Waals surface area contributed by atoms with Gasteiger partial charge in [0.1, 0.15) is 5.75 Å². The second kappa shape index (κ2) is 7.92. The first-order chi connectivity index (χ1) is 10.9. The van der Waals surface area contributed by atoms with Crippen molar-refractivity contribution in [3.63, 3.8) is 0 Å². The Bertz CT molecular complexity index is 695. The van der Waals surface area contributed by atoms with Crippen molar-refractivity contribution in [2.45, 2.75) is 17.9 Å². The Morgan fingerprint density at radius 2 is 1.91 bits per heavy atom. The highest BCUT2D eigenvalue weighted by Crippen LogP contribution is 2.23. The van der Waals surface area contributed by atoms with E-state index in [-0.39, 0.29) is 10.9 Å². The van der Waals surface area contributed by atoms with E-state index < -0.39 is 10.0 Å². The molecule has 0 spiro atoms. The van der Waals surface area contributed by atoms with Crippen LogP contribution in [0.25, 0.3) is 0 Å². The van der Waals surface area contributed by atoms with Crippen LogP contribution in [-0.2, 0) is 10.0 Å². The second-order valence-corrected chi connectivity index (χ2v) is 8.00. The molecule has 0 fully saturated rings. The normalized spacial score (nSPS) is 13.2. The fraction of sp³-hybridized carbons (Fsp3) is 0.375. The van der Waals surface area contributed by atoms with E-state index in [1.54, 1.807) is 35.6 Å². The van der Waals surface area contributed by atoms with Gasteiger partial charge in [-0.1, -0.05) is 6.07 Å². The molecule has 2 rings (SSSR count). The lowest BCUT2D eigenvalue weighted by atomic mass is 10.2. The van der Waals surface area contributed by atoms with Crippen LogP contribution in [0.2, 0.25) is 0 Å². The molecule has 1 aromatic heterocycles. The summed E-state index contributed by atoms with van der Waals surface area (Å²) in [6, 6.07) is 10.4. The molecule has 1 unspecified atom stereocenters. The Balaban J connectivity index is 2.08. The van der Waals surface area contributed by atoms with Crippen LogP contribution in [0.5, 0.6) is 5.75 Å². The van der Waals surface area contributed by atoms with Crippen molar-refractivity contribution in [3.05, 3.63) is 46.7 Å². The van der Waals surface area contributed by atoms with Crippen molar-refractivity contribution in [1.29, 1.82) is 0 Å². The molecule has 0 amide bonds. The van der Waals surface area contributed by atoms with Gasteiger partial charge in [0.2, 0.25) is 10.0 Å². The van der Waals surface area contributed by atoms with E-state index in [1.807, 2.05) is 43.4 Å². The van der Waals surface area contributed by atoms with Crippen LogP contribution in [0.3, 0.4) is 0 Å². The zero-order valence-corrected chi connectivity index (χ0v) is 15.2. The molecule has 23 heavy (non-hydrogen) atoms. The molecule has 1 atom stereocenters. The lowest BCUT2D eigenvalue weighted by Gasteiger charge is -2.23. The van der Waals surface area contributed by atoms with E-state index in [9.17, 15) is 8.42 Å². The quantitative estimate of drug-likeness (QED) is 0.792. The molecule has 0 saturated carbocycles. The van der Waals surface area contributed by atoms with Crippen molar-refractivity contribution in [2.24, 2.45) is 0 Å². The van der Waals surface area contributed by atoms with Crippen molar-refractivity contribution in [3.8, 4) is 5.75 Å². The maximum absolute atomic E-state index is 12.4. The van der Waals surface area contributed by atoms with Gasteiger partial charge in [-0.25, -0.2) is 13.1 Å². The van der Waals surface area contributed by atoms with Crippen LogP contribution in [-0.4, -0.2) is 40.6 Å². The smallest absolute Gasteiger partial charge is 0.240 e. The summed E-state index contributed by atoms with van der Waals surface area (Å²) >= 11 is 1.62. The monoisotopic (exact) mass is 354 g/mol. The fourth-order valence-corrected chi connectivity index (χ4v) is 4.13. The van der Waals surface area contributed by atoms with Crippen LogP contribution in [0.1, 0.15) is 17.8 Å². The van der Waals surface area contributed by atoms with Gasteiger partial charge in [-0.2, -0.15) is 0 Å². The van der Waals surface area contributed by atoms with E-state index in [0.717, 1.165) is 4.88 Å². The van der Waals surface area contributed by atoms with Crippen LogP contribution < -0.4 is 9.46 Å². The molecular weight excluding hydrogens is 332 g/mol. The summed E-state index contributed by atoms with van der Waals surface area (Å²) in [7, 11) is 0.341. The summed E-state index contributed by atoms with van der Waals surface area (Å²) in [5.41, 5.74) is 0. The minimum absolute atomic E-state index is 0.00692. The number of nitrogens with zero attached hydrogens (tertiary/aromatic N) is 1. The second-order valence-electron chi connectivity index (χ2n) is 5.25. The molecule has 5 nitrogen and oxygen atoms in total. The molecule has 0 aliphatic heterocycles. The van der Waals surface area contributed by atoms with E-state index in [4.69, 9.17) is 4.74 Å². The summed E-state index contributed by atoms with van der Waals surface area (Å²) in [6.45, 7) is 2.76. The summed E-state index contributed by atoms with van der Waals surface area (Å²) in [4.78, 5) is 3.38. The number of likely N-dealkylation sites (N-methyl/N-ethyl adjacent to an activating group) is 1. The van der Waals surface area contributed by atoms with E-state index in [0.29, 0.717) is 18.9 Å². The zero-order chi connectivity index (χ0) is 16.9. The molecule has 0 aliphatic carbocycles. The number of benzene rings is 1. The van der Waals surface area contributed by atoms with Crippen molar-refractivity contribution < 1.29 is 13.2 Å². The van der Waals surface area contributed by atoms with Gasteiger partial charge in [0.05, 0.1) is 17.5 Å². The maximum atomic E-state index is 12.4. The Hall–Kier alpha value is -1.41. The highest BCUT2D eigenvalue weighted by atomic mass is 32.2. The molecule has 0 radical (unpaired) electrons. The lowest BCUT2D eigenvalue weighted by molar-refractivity contribution is 0.303. The van der Waals surface area contributed by atoms with E-state index in [2.05, 4.69) is 4.72 Å². The molecule has 0 aliphatic rings. The highest BCUT2D eigenvalue weighted by molar-refractivity contribution is 7.89. The standard InChI is InChI=1S/C16H22N2O3S2/c1-4-21-13-7-9-14(10-8-13)23(19,20)17-12-15(18(2)3)16-6-5-11-22-16/h5-11,15,17H,4,12H2,1-3H3. The highest BCUT2D eigenvalue weighted by Gasteiger charge is 2.20. The van der Waals surface area contributed by atoms with Crippen molar-refractivity contribution in [2.75, 3.05) is 27.2 Å². The average molecular weight is 354 g/mol. The van der Waals surface area contributed by atoms with Gasteiger partial charge < -0.3 is 9.64 Å². The number of nitrogens with one attached hydrogen (secondary N) is 1. The summed E-state index contributed by atoms with van der Waals surface area (Å²) in [6.07, 6.45) is 0. The van der Waals surface area contributed by atoms with Crippen LogP contribution in [0, 0.1) is 0 Å². The number of hydrogen-bond donors (Lipinski definition) is 1. The van der Waals surface area contributed by atoms with Gasteiger partial charge >= 0.3 is 0 Å². The third-order valence-electron chi connectivity index (χ3n) is 3.41. The van der Waals surface area contributed by atoms with Gasteiger partial charge in [-0.15, -0.1) is 11.3 Å². The minimum Gasteiger partial charge on any atom is -0.494 e. The third-order valence-corrected chi connectivity index (χ3v) is 5.82. The van der Waals surface area contributed by atoms with E-state index >= 15 is 0 Å². The SMILES string of the molecule is CCOc1ccc(S(=O)(=O)NCC(c2cccs2)N(C)C)cc1. The number of sulfonamides is 1. The Kier molecular flexibility index (Phi) is 6.17. The van der Waals surface area contributed by atoms with Crippen molar-refractivity contribution in [1.82, 2.24) is 9.62 Å². The third kappa shape index (κ3) is 4.78. The fourth-order valence-electron chi connectivity index (χ4n) is 2.17. The van der Waals surface area contributed by atoms with Gasteiger partial charge in [0.15, 0.2) is 0 Å².